The van der Waals surface area contributed by atoms with E-state index in [1.807, 2.05) is 0 Å². The summed E-state index contributed by atoms with van der Waals surface area (Å²) in [5.74, 6) is -1.69. The number of carbonyl (C=O) groups excluding carboxylic acids is 3. The minimum atomic E-state index is -3.58. The second-order valence-electron chi connectivity index (χ2n) is 5.60. The summed E-state index contributed by atoms with van der Waals surface area (Å²) in [6.45, 7) is -0.281. The smallest absolute Gasteiger partial charge is 0.255 e. The monoisotopic (exact) mass is 409 g/mol. The van der Waals surface area contributed by atoms with E-state index in [1.54, 1.807) is 0 Å². The Morgan fingerprint density at radius 1 is 1.00 bits per heavy atom. The van der Waals surface area contributed by atoms with Crippen LogP contribution < -0.4 is 16.4 Å². The van der Waals surface area contributed by atoms with Crippen molar-refractivity contribution >= 4 is 44.8 Å². The normalized spacial score (nSPS) is 10.9. The second kappa shape index (κ2) is 8.19. The lowest BCUT2D eigenvalue weighted by Crippen LogP contribution is -2.33. The summed E-state index contributed by atoms with van der Waals surface area (Å²) in [5.41, 5.74) is 5.74. The van der Waals surface area contributed by atoms with Gasteiger partial charge in [0.1, 0.15) is 0 Å². The number of halogens is 1. The average Bonchev–Trinajstić information content (AvgIpc) is 2.59. The third-order valence-electron chi connectivity index (χ3n) is 3.42. The molecule has 10 heteroatoms. The molecule has 0 spiro atoms. The molecule has 0 radical (unpaired) electrons. The lowest BCUT2D eigenvalue weighted by molar-refractivity contribution is -0.117. The van der Waals surface area contributed by atoms with Gasteiger partial charge in [0.2, 0.25) is 5.91 Å². The Balaban J connectivity index is 2.12. The quantitative estimate of drug-likeness (QED) is 0.658. The van der Waals surface area contributed by atoms with Crippen LogP contribution in [0.4, 0.5) is 5.69 Å². The molecule has 0 bridgehead atoms. The highest BCUT2D eigenvalue weighted by atomic mass is 35.5. The zero-order valence-corrected chi connectivity index (χ0v) is 15.7. The molecule has 0 aliphatic rings. The lowest BCUT2D eigenvalue weighted by atomic mass is 10.1. The second-order valence-corrected chi connectivity index (χ2v) is 7.99. The maximum Gasteiger partial charge on any atom is 0.255 e. The Morgan fingerprint density at radius 2 is 1.59 bits per heavy atom. The number of amides is 3. The molecule has 0 saturated carbocycles. The number of benzene rings is 2. The fourth-order valence-corrected chi connectivity index (χ4v) is 3.41. The van der Waals surface area contributed by atoms with Gasteiger partial charge in [0.05, 0.1) is 16.5 Å². The summed E-state index contributed by atoms with van der Waals surface area (Å²) < 4.78 is 23.4. The largest absolute Gasteiger partial charge is 0.368 e. The topological polar surface area (TPSA) is 135 Å². The van der Waals surface area contributed by atoms with E-state index in [-0.39, 0.29) is 27.6 Å². The van der Waals surface area contributed by atoms with E-state index < -0.39 is 27.6 Å². The number of anilines is 1. The maximum atomic E-state index is 12.3. The van der Waals surface area contributed by atoms with Crippen molar-refractivity contribution < 1.29 is 22.8 Å². The van der Waals surface area contributed by atoms with Gasteiger partial charge in [-0.2, -0.15) is 0 Å². The van der Waals surface area contributed by atoms with Crippen LogP contribution >= 0.6 is 11.6 Å². The molecule has 0 aromatic heterocycles. The number of sulfone groups is 1. The van der Waals surface area contributed by atoms with Gasteiger partial charge in [-0.3, -0.25) is 14.4 Å². The molecule has 3 amide bonds. The first-order valence-electron chi connectivity index (χ1n) is 7.55. The minimum absolute atomic E-state index is 0.0281. The highest BCUT2D eigenvalue weighted by Gasteiger charge is 2.16. The number of primary amides is 1. The SMILES string of the molecule is CS(=O)(=O)c1cc(C(=O)Nc2ccc(C(=O)NCC(N)=O)cc2)ccc1Cl. The lowest BCUT2D eigenvalue weighted by Gasteiger charge is -2.09. The molecular formula is C17H16ClN3O5S. The third kappa shape index (κ3) is 5.53. The number of hydrogen-bond acceptors (Lipinski definition) is 5. The van der Waals surface area contributed by atoms with Crippen molar-refractivity contribution in [1.29, 1.82) is 0 Å². The summed E-state index contributed by atoms with van der Waals surface area (Å²) in [5, 5.41) is 4.96. The number of carbonyl (C=O) groups is 3. The summed E-state index contributed by atoms with van der Waals surface area (Å²) in [6, 6.07) is 9.82. The van der Waals surface area contributed by atoms with Gasteiger partial charge in [-0.25, -0.2) is 8.42 Å². The van der Waals surface area contributed by atoms with E-state index in [0.29, 0.717) is 5.69 Å². The van der Waals surface area contributed by atoms with E-state index in [0.717, 1.165) is 6.26 Å². The number of hydrogen-bond donors (Lipinski definition) is 3. The fraction of sp³-hybridized carbons (Fsp3) is 0.118. The van der Waals surface area contributed by atoms with Gasteiger partial charge >= 0.3 is 0 Å². The first-order valence-corrected chi connectivity index (χ1v) is 9.82. The summed E-state index contributed by atoms with van der Waals surface area (Å²) in [4.78, 5) is 34.6. The molecule has 2 aromatic rings. The molecular weight excluding hydrogens is 394 g/mol. The molecule has 0 unspecified atom stereocenters. The Labute approximate surface area is 160 Å². The van der Waals surface area contributed by atoms with Crippen LogP contribution in [0, 0.1) is 0 Å². The van der Waals surface area contributed by atoms with Crippen molar-refractivity contribution in [2.45, 2.75) is 4.90 Å². The maximum absolute atomic E-state index is 12.3. The van der Waals surface area contributed by atoms with E-state index in [1.165, 1.54) is 42.5 Å². The van der Waals surface area contributed by atoms with Crippen molar-refractivity contribution in [3.63, 3.8) is 0 Å². The molecule has 27 heavy (non-hydrogen) atoms. The van der Waals surface area contributed by atoms with Crippen LogP contribution in [-0.4, -0.2) is 38.9 Å². The molecule has 2 aromatic carbocycles. The standard InChI is InChI=1S/C17H16ClN3O5S/c1-27(25,26)14-8-11(4-7-13(14)18)17(24)21-12-5-2-10(3-6-12)16(23)20-9-15(19)22/h2-8H,9H2,1H3,(H2,19,22)(H,20,23)(H,21,24). The first-order chi connectivity index (χ1) is 12.6. The van der Waals surface area contributed by atoms with Crippen LogP contribution in [0.3, 0.4) is 0 Å². The van der Waals surface area contributed by atoms with E-state index in [9.17, 15) is 22.8 Å². The van der Waals surface area contributed by atoms with Crippen LogP contribution in [-0.2, 0) is 14.6 Å². The van der Waals surface area contributed by atoms with Gasteiger partial charge in [0, 0.05) is 23.1 Å². The molecule has 0 heterocycles. The summed E-state index contributed by atoms with van der Waals surface area (Å²) in [6.07, 6.45) is 0.998. The van der Waals surface area contributed by atoms with Crippen LogP contribution in [0.15, 0.2) is 47.4 Å². The number of nitrogens with one attached hydrogen (secondary N) is 2. The molecule has 0 saturated heterocycles. The Bertz CT molecular complexity index is 1000. The van der Waals surface area contributed by atoms with Crippen LogP contribution in [0.5, 0.6) is 0 Å². The molecule has 2 rings (SSSR count). The number of nitrogens with two attached hydrogens (primary N) is 1. The predicted molar refractivity (Wildman–Crippen MR) is 100 cm³/mol. The minimum Gasteiger partial charge on any atom is -0.368 e. The highest BCUT2D eigenvalue weighted by molar-refractivity contribution is 7.90. The van der Waals surface area contributed by atoms with E-state index >= 15 is 0 Å². The molecule has 8 nitrogen and oxygen atoms in total. The third-order valence-corrected chi connectivity index (χ3v) is 5.00. The van der Waals surface area contributed by atoms with Gasteiger partial charge < -0.3 is 16.4 Å². The zero-order valence-electron chi connectivity index (χ0n) is 14.2. The average molecular weight is 410 g/mol. The number of rotatable bonds is 6. The van der Waals surface area contributed by atoms with E-state index in [2.05, 4.69) is 10.6 Å². The Kier molecular flexibility index (Phi) is 6.19. The Hall–Kier alpha value is -2.91. The Morgan fingerprint density at radius 3 is 2.15 bits per heavy atom. The van der Waals surface area contributed by atoms with Crippen molar-refractivity contribution in [3.8, 4) is 0 Å². The first kappa shape index (κ1) is 20.4. The van der Waals surface area contributed by atoms with E-state index in [4.69, 9.17) is 17.3 Å². The van der Waals surface area contributed by atoms with Gasteiger partial charge in [-0.1, -0.05) is 11.6 Å². The molecule has 0 aliphatic carbocycles. The summed E-state index contributed by atoms with van der Waals surface area (Å²) >= 11 is 5.86. The van der Waals surface area contributed by atoms with Crippen molar-refractivity contribution in [1.82, 2.24) is 5.32 Å². The van der Waals surface area contributed by atoms with Crippen molar-refractivity contribution in [2.75, 3.05) is 18.1 Å². The molecule has 4 N–H and O–H groups in total. The van der Waals surface area contributed by atoms with Gasteiger partial charge in [0.15, 0.2) is 9.84 Å². The van der Waals surface area contributed by atoms with Crippen LogP contribution in [0.2, 0.25) is 5.02 Å². The molecule has 0 atom stereocenters. The van der Waals surface area contributed by atoms with Crippen molar-refractivity contribution in [3.05, 3.63) is 58.6 Å². The molecule has 142 valence electrons. The van der Waals surface area contributed by atoms with Gasteiger partial charge in [-0.15, -0.1) is 0 Å². The predicted octanol–water partition coefficient (Wildman–Crippen LogP) is 1.21. The zero-order chi connectivity index (χ0) is 20.2. The molecule has 0 aliphatic heterocycles. The van der Waals surface area contributed by atoms with Gasteiger partial charge in [0.25, 0.3) is 11.8 Å². The van der Waals surface area contributed by atoms with Crippen LogP contribution in [0.25, 0.3) is 0 Å². The molecule has 0 fully saturated rings. The fourth-order valence-electron chi connectivity index (χ4n) is 2.11. The highest BCUT2D eigenvalue weighted by Crippen LogP contribution is 2.23. The van der Waals surface area contributed by atoms with Gasteiger partial charge in [-0.05, 0) is 42.5 Å². The van der Waals surface area contributed by atoms with Crippen molar-refractivity contribution in [2.24, 2.45) is 5.73 Å². The van der Waals surface area contributed by atoms with Crippen LogP contribution in [0.1, 0.15) is 20.7 Å². The summed E-state index contributed by atoms with van der Waals surface area (Å²) in [7, 11) is -3.58.